The van der Waals surface area contributed by atoms with Gasteiger partial charge < -0.3 is 10.6 Å². The number of anilines is 2. The third kappa shape index (κ3) is 8.19. The molecule has 1 aromatic heterocycles. The lowest BCUT2D eigenvalue weighted by atomic mass is 10.1. The number of thioether (sulfide) groups is 1. The van der Waals surface area contributed by atoms with Crippen molar-refractivity contribution < 1.29 is 14.4 Å². The van der Waals surface area contributed by atoms with E-state index in [0.29, 0.717) is 27.0 Å². The third-order valence-electron chi connectivity index (χ3n) is 6.18. The van der Waals surface area contributed by atoms with Crippen LogP contribution in [0.15, 0.2) is 120 Å². The van der Waals surface area contributed by atoms with E-state index in [1.807, 2.05) is 43.3 Å². The van der Waals surface area contributed by atoms with Crippen LogP contribution in [0.25, 0.3) is 6.08 Å². The van der Waals surface area contributed by atoms with Gasteiger partial charge in [0.05, 0.1) is 0 Å². The predicted molar refractivity (Wildman–Crippen MR) is 177 cm³/mol. The van der Waals surface area contributed by atoms with Gasteiger partial charge in [-0.15, -0.1) is 22.0 Å². The zero-order valence-corrected chi connectivity index (χ0v) is 25.7. The van der Waals surface area contributed by atoms with Gasteiger partial charge in [0.2, 0.25) is 11.0 Å². The molecule has 0 bridgehead atoms. The molecule has 11 heteroatoms. The highest BCUT2D eigenvalue weighted by molar-refractivity contribution is 8.00. The number of hydrogen-bond acceptors (Lipinski definition) is 7. The van der Waals surface area contributed by atoms with Gasteiger partial charge in [-0.05, 0) is 60.5 Å². The molecule has 0 saturated heterocycles. The van der Waals surface area contributed by atoms with Crippen molar-refractivity contribution in [3.8, 4) is 0 Å². The minimum absolute atomic E-state index is 0.0129. The van der Waals surface area contributed by atoms with E-state index in [2.05, 4.69) is 26.1 Å². The van der Waals surface area contributed by atoms with Crippen molar-refractivity contribution in [2.45, 2.75) is 17.1 Å². The number of rotatable bonds is 10. The Balaban J connectivity index is 1.38. The topological polar surface area (TPSA) is 113 Å². The number of halogens is 1. The van der Waals surface area contributed by atoms with Crippen LogP contribution in [0, 0.1) is 6.92 Å². The van der Waals surface area contributed by atoms with Crippen LogP contribution in [0.3, 0.4) is 0 Å². The number of hydrogen-bond donors (Lipinski definition) is 3. The maximum atomic E-state index is 13.5. The van der Waals surface area contributed by atoms with Gasteiger partial charge in [0.25, 0.3) is 11.8 Å². The predicted octanol–water partition coefficient (Wildman–Crippen LogP) is 7.38. The van der Waals surface area contributed by atoms with Gasteiger partial charge in [0.1, 0.15) is 16.0 Å². The van der Waals surface area contributed by atoms with Gasteiger partial charge in [-0.1, -0.05) is 95.7 Å². The van der Waals surface area contributed by atoms with Crippen molar-refractivity contribution in [1.82, 2.24) is 15.5 Å². The number of nitrogens with one attached hydrogen (secondary N) is 3. The molecule has 3 N–H and O–H groups in total. The van der Waals surface area contributed by atoms with Gasteiger partial charge in [-0.25, -0.2) is 0 Å². The molecule has 0 fully saturated rings. The number of amides is 3. The first-order valence-electron chi connectivity index (χ1n) is 13.4. The summed E-state index contributed by atoms with van der Waals surface area (Å²) in [6, 6.07) is 32.2. The standard InChI is InChI=1S/C33H26ClN5O3S2/c1-21-38-39-33(43-21)37-32(42)29(22-11-4-2-5-12-22)44-26-17-10-16-25(20-26)35-31(41)28(19-24-15-8-9-18-27(24)34)36-30(40)23-13-6-3-7-14-23/h2-20,29H,1H3,(H,35,41)(H,36,40)(H,37,39,42)/b28-19+. The first-order chi connectivity index (χ1) is 21.4. The van der Waals surface area contributed by atoms with Crippen LogP contribution in [-0.4, -0.2) is 27.9 Å². The summed E-state index contributed by atoms with van der Waals surface area (Å²) >= 11 is 8.98. The Bertz CT molecular complexity index is 1810. The molecule has 0 saturated carbocycles. The summed E-state index contributed by atoms with van der Waals surface area (Å²) < 4.78 is 0. The van der Waals surface area contributed by atoms with Gasteiger partial charge >= 0.3 is 0 Å². The first kappa shape index (κ1) is 30.7. The van der Waals surface area contributed by atoms with Crippen molar-refractivity contribution in [1.29, 1.82) is 0 Å². The van der Waals surface area contributed by atoms with E-state index >= 15 is 0 Å². The molecule has 1 heterocycles. The van der Waals surface area contributed by atoms with E-state index in [9.17, 15) is 14.4 Å². The van der Waals surface area contributed by atoms with Crippen LogP contribution in [0.2, 0.25) is 5.02 Å². The highest BCUT2D eigenvalue weighted by Gasteiger charge is 2.24. The van der Waals surface area contributed by atoms with E-state index < -0.39 is 17.1 Å². The Morgan fingerprint density at radius 3 is 2.25 bits per heavy atom. The molecule has 0 aliphatic rings. The van der Waals surface area contributed by atoms with Crippen molar-refractivity contribution in [2.24, 2.45) is 0 Å². The molecule has 44 heavy (non-hydrogen) atoms. The minimum Gasteiger partial charge on any atom is -0.321 e. The monoisotopic (exact) mass is 639 g/mol. The molecule has 8 nitrogen and oxygen atoms in total. The minimum atomic E-state index is -0.604. The molecule has 0 aliphatic heterocycles. The fourth-order valence-corrected chi connectivity index (χ4v) is 5.96. The average molecular weight is 640 g/mol. The molecule has 5 aromatic rings. The average Bonchev–Trinajstić information content (AvgIpc) is 3.45. The largest absolute Gasteiger partial charge is 0.321 e. The van der Waals surface area contributed by atoms with Gasteiger partial charge in [0.15, 0.2) is 0 Å². The number of carbonyl (C=O) groups is 3. The zero-order valence-electron chi connectivity index (χ0n) is 23.4. The normalized spacial score (nSPS) is 11.8. The van der Waals surface area contributed by atoms with Crippen molar-refractivity contribution in [3.63, 3.8) is 0 Å². The Labute approximate surface area is 267 Å². The van der Waals surface area contributed by atoms with E-state index in [4.69, 9.17) is 11.6 Å². The summed E-state index contributed by atoms with van der Waals surface area (Å²) in [6.45, 7) is 1.82. The second-order valence-corrected chi connectivity index (χ2v) is 12.2. The zero-order chi connectivity index (χ0) is 30.9. The quantitative estimate of drug-likeness (QED) is 0.109. The Hall–Kier alpha value is -4.77. The highest BCUT2D eigenvalue weighted by atomic mass is 35.5. The summed E-state index contributed by atoms with van der Waals surface area (Å²) in [5.41, 5.74) is 2.26. The molecule has 220 valence electrons. The van der Waals surface area contributed by atoms with Crippen LogP contribution < -0.4 is 16.0 Å². The maximum Gasteiger partial charge on any atom is 0.272 e. The number of carbonyl (C=O) groups excluding carboxylic acids is 3. The van der Waals surface area contributed by atoms with Crippen LogP contribution in [-0.2, 0) is 9.59 Å². The lowest BCUT2D eigenvalue weighted by molar-refractivity contribution is -0.116. The van der Waals surface area contributed by atoms with Crippen molar-refractivity contribution in [3.05, 3.63) is 142 Å². The summed E-state index contributed by atoms with van der Waals surface area (Å²) in [6.07, 6.45) is 1.53. The maximum absolute atomic E-state index is 13.5. The molecular formula is C33H26ClN5O3S2. The second-order valence-electron chi connectivity index (χ2n) is 9.41. The van der Waals surface area contributed by atoms with Gasteiger partial charge in [-0.2, -0.15) is 0 Å². The molecule has 5 rings (SSSR count). The summed E-state index contributed by atoms with van der Waals surface area (Å²) in [5, 5.41) is 17.4. The summed E-state index contributed by atoms with van der Waals surface area (Å²) in [5.74, 6) is -1.23. The number of nitrogens with zero attached hydrogens (tertiary/aromatic N) is 2. The van der Waals surface area contributed by atoms with E-state index in [-0.39, 0.29) is 11.6 Å². The molecule has 0 spiro atoms. The van der Waals surface area contributed by atoms with Crippen molar-refractivity contribution >= 4 is 69.3 Å². The van der Waals surface area contributed by atoms with Crippen LogP contribution in [0.4, 0.5) is 10.8 Å². The van der Waals surface area contributed by atoms with E-state index in [1.54, 1.807) is 72.8 Å². The molecule has 0 aliphatic carbocycles. The molecule has 1 unspecified atom stereocenters. The first-order valence-corrected chi connectivity index (χ1v) is 15.5. The Morgan fingerprint density at radius 2 is 1.55 bits per heavy atom. The Kier molecular flexibility index (Phi) is 10.2. The number of benzene rings is 4. The van der Waals surface area contributed by atoms with Crippen LogP contribution >= 0.6 is 34.7 Å². The molecule has 3 amide bonds. The van der Waals surface area contributed by atoms with Crippen LogP contribution in [0.5, 0.6) is 0 Å². The van der Waals surface area contributed by atoms with Gasteiger partial charge in [0, 0.05) is 21.2 Å². The van der Waals surface area contributed by atoms with E-state index in [1.165, 1.54) is 29.2 Å². The fraction of sp³-hybridized carbons (Fsp3) is 0.0606. The molecule has 0 radical (unpaired) electrons. The highest BCUT2D eigenvalue weighted by Crippen LogP contribution is 2.37. The second kappa shape index (κ2) is 14.6. The molecule has 4 aromatic carbocycles. The smallest absolute Gasteiger partial charge is 0.272 e. The SMILES string of the molecule is Cc1nnc(NC(=O)C(Sc2cccc(NC(=O)/C(=C\c3ccccc3Cl)NC(=O)c3ccccc3)c2)c2ccccc2)s1. The lowest BCUT2D eigenvalue weighted by Crippen LogP contribution is -2.30. The Morgan fingerprint density at radius 1 is 0.841 bits per heavy atom. The summed E-state index contributed by atoms with van der Waals surface area (Å²) in [4.78, 5) is 40.6. The molecular weight excluding hydrogens is 614 g/mol. The van der Waals surface area contributed by atoms with E-state index in [0.717, 1.165) is 15.5 Å². The van der Waals surface area contributed by atoms with Crippen molar-refractivity contribution in [2.75, 3.05) is 10.6 Å². The number of aromatic nitrogens is 2. The third-order valence-corrected chi connectivity index (χ3v) is 8.52. The van der Waals surface area contributed by atoms with Crippen LogP contribution in [0.1, 0.15) is 31.7 Å². The van der Waals surface area contributed by atoms with Gasteiger partial charge in [-0.3, -0.25) is 19.7 Å². The lowest BCUT2D eigenvalue weighted by Gasteiger charge is -2.17. The summed E-state index contributed by atoms with van der Waals surface area (Å²) in [7, 11) is 0. The molecule has 1 atom stereocenters. The fourth-order valence-electron chi connectivity index (χ4n) is 4.09. The number of aryl methyl sites for hydroxylation is 1.